The Bertz CT molecular complexity index is 894. The van der Waals surface area contributed by atoms with Crippen LogP contribution in [0.5, 0.6) is 0 Å². The maximum atomic E-state index is 6.14. The number of allylic oxidation sites excluding steroid dienone is 4. The second-order valence-corrected chi connectivity index (χ2v) is 8.21. The fraction of sp³-hybridized carbons (Fsp3) is 0.455. The first kappa shape index (κ1) is 14.5. The van der Waals surface area contributed by atoms with Gasteiger partial charge in [-0.3, -0.25) is 0 Å². The van der Waals surface area contributed by atoms with Gasteiger partial charge in [0, 0.05) is 28.1 Å². The average Bonchev–Trinajstić information content (AvgIpc) is 3.05. The van der Waals surface area contributed by atoms with Crippen LogP contribution in [0.2, 0.25) is 0 Å². The summed E-state index contributed by atoms with van der Waals surface area (Å²) in [5, 5.41) is 1.40. The van der Waals surface area contributed by atoms with E-state index in [1.165, 1.54) is 41.4 Å². The number of benzene rings is 1. The Labute approximate surface area is 144 Å². The highest BCUT2D eigenvalue weighted by molar-refractivity contribution is 5.98. The van der Waals surface area contributed by atoms with Crippen LogP contribution in [0, 0.1) is 17.3 Å². The molecular formula is C22H26N2. The van der Waals surface area contributed by atoms with Gasteiger partial charge in [-0.05, 0) is 48.7 Å². The molecule has 2 heteroatoms. The summed E-state index contributed by atoms with van der Waals surface area (Å²) < 4.78 is 2.35. The molecule has 0 spiro atoms. The summed E-state index contributed by atoms with van der Waals surface area (Å²) in [5.74, 6) is 1.43. The van der Waals surface area contributed by atoms with Crippen molar-refractivity contribution >= 4 is 16.5 Å². The molecule has 0 bridgehead atoms. The number of aromatic nitrogens is 1. The van der Waals surface area contributed by atoms with Crippen molar-refractivity contribution in [1.29, 1.82) is 0 Å². The van der Waals surface area contributed by atoms with Gasteiger partial charge < -0.3 is 10.3 Å². The number of nitrogens with zero attached hydrogens (tertiary/aromatic N) is 1. The third kappa shape index (κ3) is 1.65. The summed E-state index contributed by atoms with van der Waals surface area (Å²) >= 11 is 0. The Kier molecular flexibility index (Phi) is 2.94. The first-order valence-corrected chi connectivity index (χ1v) is 9.35. The molecule has 0 radical (unpaired) electrons. The molecule has 2 aromatic rings. The Balaban J connectivity index is 1.84. The molecule has 24 heavy (non-hydrogen) atoms. The lowest BCUT2D eigenvalue weighted by molar-refractivity contribution is 0.253. The van der Waals surface area contributed by atoms with E-state index in [0.29, 0.717) is 12.6 Å². The molecule has 2 nitrogen and oxygen atoms in total. The van der Waals surface area contributed by atoms with E-state index < -0.39 is 0 Å². The van der Waals surface area contributed by atoms with Gasteiger partial charge in [0.05, 0.1) is 6.67 Å². The Morgan fingerprint density at radius 1 is 1.21 bits per heavy atom. The molecule has 2 unspecified atom stereocenters. The zero-order valence-corrected chi connectivity index (χ0v) is 14.7. The lowest BCUT2D eigenvalue weighted by atomic mass is 9.69. The minimum Gasteiger partial charge on any atom is -0.331 e. The van der Waals surface area contributed by atoms with Crippen molar-refractivity contribution in [3.05, 3.63) is 53.2 Å². The highest BCUT2D eigenvalue weighted by Crippen LogP contribution is 2.61. The molecular weight excluding hydrogens is 292 g/mol. The van der Waals surface area contributed by atoms with E-state index in [4.69, 9.17) is 5.73 Å². The number of hydrogen-bond donors (Lipinski definition) is 1. The van der Waals surface area contributed by atoms with Crippen LogP contribution in [0.3, 0.4) is 0 Å². The Morgan fingerprint density at radius 2 is 2.04 bits per heavy atom. The molecule has 1 aromatic carbocycles. The van der Waals surface area contributed by atoms with Gasteiger partial charge in [0.2, 0.25) is 0 Å². The van der Waals surface area contributed by atoms with Gasteiger partial charge in [0.1, 0.15) is 0 Å². The van der Waals surface area contributed by atoms with E-state index in [1.54, 1.807) is 11.1 Å². The summed E-state index contributed by atoms with van der Waals surface area (Å²) in [5.41, 5.74) is 14.0. The van der Waals surface area contributed by atoms with Crippen LogP contribution in [-0.2, 0) is 13.1 Å². The molecule has 0 aliphatic heterocycles. The molecule has 1 aromatic heterocycles. The van der Waals surface area contributed by atoms with E-state index in [2.05, 4.69) is 54.8 Å². The summed E-state index contributed by atoms with van der Waals surface area (Å²) in [6.45, 7) is 5.54. The molecule has 0 saturated carbocycles. The predicted octanol–water partition coefficient (Wildman–Crippen LogP) is 4.88. The van der Waals surface area contributed by atoms with Crippen LogP contribution in [0.15, 0.2) is 42.0 Å². The standard InChI is InChI=1S/C22H26N2/c1-22(2)17-9-5-3-7-14(17)15-11-12-19-20(21(15)22)16-8-4-6-10-18(16)24(19)13-23/h3-4,6-8,10,14,17H,5,9,11-13,23H2,1-2H3. The van der Waals surface area contributed by atoms with E-state index in [-0.39, 0.29) is 5.41 Å². The molecule has 0 saturated heterocycles. The number of hydrogen-bond acceptors (Lipinski definition) is 1. The SMILES string of the molecule is CC1(C)C2=C(CCc3c2c2ccccc2n3CN)C2C=CCCC21. The molecule has 2 N–H and O–H groups in total. The summed E-state index contributed by atoms with van der Waals surface area (Å²) in [7, 11) is 0. The molecule has 3 aliphatic carbocycles. The monoisotopic (exact) mass is 318 g/mol. The summed E-state index contributed by atoms with van der Waals surface area (Å²) in [6.07, 6.45) is 9.81. The molecule has 0 fully saturated rings. The maximum Gasteiger partial charge on any atom is 0.0703 e. The van der Waals surface area contributed by atoms with Crippen LogP contribution in [0.25, 0.3) is 16.5 Å². The highest BCUT2D eigenvalue weighted by Gasteiger charge is 2.49. The van der Waals surface area contributed by atoms with E-state index in [0.717, 1.165) is 12.3 Å². The fourth-order valence-electron chi connectivity index (χ4n) is 5.90. The minimum absolute atomic E-state index is 0.253. The third-order valence-electron chi connectivity index (χ3n) is 6.86. The third-order valence-corrected chi connectivity index (χ3v) is 6.86. The van der Waals surface area contributed by atoms with Crippen molar-refractivity contribution in [3.8, 4) is 0 Å². The topological polar surface area (TPSA) is 30.9 Å². The number of rotatable bonds is 1. The molecule has 3 aliphatic rings. The predicted molar refractivity (Wildman–Crippen MR) is 101 cm³/mol. The zero-order chi connectivity index (χ0) is 16.5. The van der Waals surface area contributed by atoms with Gasteiger partial charge in [0.25, 0.3) is 0 Å². The number of fused-ring (bicyclic) bond motifs is 6. The normalized spacial score (nSPS) is 27.3. The quantitative estimate of drug-likeness (QED) is 0.746. The molecule has 0 amide bonds. The van der Waals surface area contributed by atoms with Gasteiger partial charge in [-0.2, -0.15) is 0 Å². The summed E-state index contributed by atoms with van der Waals surface area (Å²) in [6, 6.07) is 8.84. The zero-order valence-electron chi connectivity index (χ0n) is 14.7. The van der Waals surface area contributed by atoms with Crippen LogP contribution in [0.1, 0.15) is 44.4 Å². The van der Waals surface area contributed by atoms with Crippen LogP contribution >= 0.6 is 0 Å². The van der Waals surface area contributed by atoms with Crippen LogP contribution in [0.4, 0.5) is 0 Å². The van der Waals surface area contributed by atoms with Crippen molar-refractivity contribution in [2.75, 3.05) is 0 Å². The van der Waals surface area contributed by atoms with Crippen LogP contribution in [-0.4, -0.2) is 4.57 Å². The Morgan fingerprint density at radius 3 is 2.88 bits per heavy atom. The first-order chi connectivity index (χ1) is 11.6. The van der Waals surface area contributed by atoms with E-state index in [9.17, 15) is 0 Å². The van der Waals surface area contributed by atoms with Crippen LogP contribution < -0.4 is 5.73 Å². The molecule has 1 heterocycles. The second-order valence-electron chi connectivity index (χ2n) is 8.21. The lowest BCUT2D eigenvalue weighted by Gasteiger charge is -2.34. The number of para-hydroxylation sites is 1. The second kappa shape index (κ2) is 4.86. The molecule has 5 rings (SSSR count). The minimum atomic E-state index is 0.253. The average molecular weight is 318 g/mol. The van der Waals surface area contributed by atoms with E-state index >= 15 is 0 Å². The van der Waals surface area contributed by atoms with Crippen molar-refractivity contribution in [1.82, 2.24) is 4.57 Å². The van der Waals surface area contributed by atoms with Gasteiger partial charge >= 0.3 is 0 Å². The van der Waals surface area contributed by atoms with Crippen molar-refractivity contribution in [2.45, 2.75) is 46.2 Å². The van der Waals surface area contributed by atoms with Gasteiger partial charge in [-0.15, -0.1) is 0 Å². The largest absolute Gasteiger partial charge is 0.331 e. The smallest absolute Gasteiger partial charge is 0.0703 e. The lowest BCUT2D eigenvalue weighted by Crippen LogP contribution is -2.26. The Hall–Kier alpha value is -1.80. The maximum absolute atomic E-state index is 6.14. The van der Waals surface area contributed by atoms with Crippen molar-refractivity contribution < 1.29 is 0 Å². The molecule has 2 atom stereocenters. The van der Waals surface area contributed by atoms with Gasteiger partial charge in [-0.1, -0.05) is 49.8 Å². The number of nitrogens with two attached hydrogens (primary N) is 1. The van der Waals surface area contributed by atoms with E-state index in [1.807, 2.05) is 0 Å². The first-order valence-electron chi connectivity index (χ1n) is 9.35. The van der Waals surface area contributed by atoms with Crippen molar-refractivity contribution in [3.63, 3.8) is 0 Å². The fourth-order valence-corrected chi connectivity index (χ4v) is 5.90. The summed E-state index contributed by atoms with van der Waals surface area (Å²) in [4.78, 5) is 0. The van der Waals surface area contributed by atoms with Gasteiger partial charge in [-0.25, -0.2) is 0 Å². The van der Waals surface area contributed by atoms with Crippen molar-refractivity contribution in [2.24, 2.45) is 23.0 Å². The molecule has 124 valence electrons. The van der Waals surface area contributed by atoms with Gasteiger partial charge in [0.15, 0.2) is 0 Å². The highest BCUT2D eigenvalue weighted by atomic mass is 15.1.